The lowest BCUT2D eigenvalue weighted by Gasteiger charge is -2.15. The number of halogens is 3. The van der Waals surface area contributed by atoms with Gasteiger partial charge in [-0.05, 0) is 32.0 Å². The van der Waals surface area contributed by atoms with Crippen LogP contribution >= 0.6 is 0 Å². The van der Waals surface area contributed by atoms with Crippen LogP contribution in [-0.2, 0) is 10.9 Å². The molecule has 0 saturated carbocycles. The first kappa shape index (κ1) is 15.8. The number of ether oxygens (including phenoxy) is 2. The van der Waals surface area contributed by atoms with Crippen LogP contribution in [0.3, 0.4) is 0 Å². The molecule has 1 aromatic carbocycles. The van der Waals surface area contributed by atoms with Crippen molar-refractivity contribution in [1.82, 2.24) is 0 Å². The van der Waals surface area contributed by atoms with E-state index < -0.39 is 17.8 Å². The Kier molecular flexibility index (Phi) is 5.62. The third-order valence-corrected chi connectivity index (χ3v) is 2.23. The maximum Gasteiger partial charge on any atom is 0.416 e. The molecule has 0 aromatic heterocycles. The fourth-order valence-electron chi connectivity index (χ4n) is 1.31. The van der Waals surface area contributed by atoms with Gasteiger partial charge in [-0.15, -0.1) is 0 Å². The van der Waals surface area contributed by atoms with Gasteiger partial charge in [-0.1, -0.05) is 6.07 Å². The van der Waals surface area contributed by atoms with Gasteiger partial charge in [0.15, 0.2) is 0 Å². The molecule has 6 heteroatoms. The Bertz CT molecular complexity index is 391. The number of aliphatic hydroxyl groups excluding tert-OH is 1. The number of aliphatic hydroxyl groups is 1. The lowest BCUT2D eigenvalue weighted by molar-refractivity contribution is -0.137. The summed E-state index contributed by atoms with van der Waals surface area (Å²) in [5.41, 5.74) is -0.780. The van der Waals surface area contributed by atoms with Crippen LogP contribution in [0.5, 0.6) is 5.75 Å². The maximum absolute atomic E-state index is 12.5. The summed E-state index contributed by atoms with van der Waals surface area (Å²) >= 11 is 0. The molecule has 19 heavy (non-hydrogen) atoms. The summed E-state index contributed by atoms with van der Waals surface area (Å²) in [5, 5.41) is 9.52. The fourth-order valence-corrected chi connectivity index (χ4v) is 1.31. The molecule has 0 radical (unpaired) electrons. The Hall–Kier alpha value is -1.27. The predicted octanol–water partition coefficient (Wildman–Crippen LogP) is 2.87. The third kappa shape index (κ3) is 5.94. The van der Waals surface area contributed by atoms with Crippen molar-refractivity contribution >= 4 is 0 Å². The lowest BCUT2D eigenvalue weighted by Crippen LogP contribution is -2.25. The van der Waals surface area contributed by atoms with Crippen LogP contribution in [0, 0.1) is 0 Å². The minimum atomic E-state index is -4.40. The van der Waals surface area contributed by atoms with E-state index in [4.69, 9.17) is 9.47 Å². The summed E-state index contributed by atoms with van der Waals surface area (Å²) in [6, 6.07) is 4.53. The minimum absolute atomic E-state index is 0.0248. The molecule has 1 unspecified atom stereocenters. The predicted molar refractivity (Wildman–Crippen MR) is 64.0 cm³/mol. The first-order valence-corrected chi connectivity index (χ1v) is 5.88. The van der Waals surface area contributed by atoms with Crippen molar-refractivity contribution in [2.24, 2.45) is 0 Å². The van der Waals surface area contributed by atoms with Crippen molar-refractivity contribution in [2.75, 3.05) is 13.2 Å². The van der Waals surface area contributed by atoms with E-state index in [-0.39, 0.29) is 25.1 Å². The molecule has 1 N–H and O–H groups in total. The Labute approximate surface area is 110 Å². The van der Waals surface area contributed by atoms with Crippen LogP contribution in [0.25, 0.3) is 0 Å². The van der Waals surface area contributed by atoms with Crippen LogP contribution in [0.1, 0.15) is 19.4 Å². The zero-order valence-corrected chi connectivity index (χ0v) is 10.8. The second-order valence-electron chi connectivity index (χ2n) is 4.37. The summed E-state index contributed by atoms with van der Waals surface area (Å²) < 4.78 is 47.6. The highest BCUT2D eigenvalue weighted by Crippen LogP contribution is 2.31. The van der Waals surface area contributed by atoms with Crippen LogP contribution in [0.4, 0.5) is 13.2 Å². The summed E-state index contributed by atoms with van der Waals surface area (Å²) in [6.07, 6.45) is -5.31. The van der Waals surface area contributed by atoms with Gasteiger partial charge < -0.3 is 14.6 Å². The van der Waals surface area contributed by atoms with Gasteiger partial charge in [-0.25, -0.2) is 0 Å². The zero-order chi connectivity index (χ0) is 14.5. The van der Waals surface area contributed by atoms with E-state index in [1.807, 2.05) is 13.8 Å². The number of rotatable bonds is 6. The zero-order valence-electron chi connectivity index (χ0n) is 10.8. The van der Waals surface area contributed by atoms with Gasteiger partial charge in [0, 0.05) is 0 Å². The molecule has 0 saturated heterocycles. The van der Waals surface area contributed by atoms with Gasteiger partial charge in [0.05, 0.1) is 18.3 Å². The van der Waals surface area contributed by atoms with E-state index in [9.17, 15) is 18.3 Å². The smallest absolute Gasteiger partial charge is 0.416 e. The number of hydrogen-bond acceptors (Lipinski definition) is 3. The van der Waals surface area contributed by atoms with Crippen molar-refractivity contribution in [3.8, 4) is 5.75 Å². The molecule has 0 heterocycles. The quantitative estimate of drug-likeness (QED) is 0.869. The van der Waals surface area contributed by atoms with Gasteiger partial charge in [0.25, 0.3) is 0 Å². The monoisotopic (exact) mass is 278 g/mol. The summed E-state index contributed by atoms with van der Waals surface area (Å²) in [4.78, 5) is 0. The van der Waals surface area contributed by atoms with E-state index in [1.165, 1.54) is 12.1 Å². The van der Waals surface area contributed by atoms with Gasteiger partial charge in [-0.2, -0.15) is 13.2 Å². The maximum atomic E-state index is 12.5. The van der Waals surface area contributed by atoms with Crippen LogP contribution < -0.4 is 4.74 Å². The van der Waals surface area contributed by atoms with Crippen LogP contribution in [-0.4, -0.2) is 30.5 Å². The molecule has 108 valence electrons. The van der Waals surface area contributed by atoms with Crippen LogP contribution in [0.2, 0.25) is 0 Å². The van der Waals surface area contributed by atoms with Crippen molar-refractivity contribution in [1.29, 1.82) is 0 Å². The molecule has 3 nitrogen and oxygen atoms in total. The van der Waals surface area contributed by atoms with Gasteiger partial charge in [-0.3, -0.25) is 0 Å². The van der Waals surface area contributed by atoms with Gasteiger partial charge >= 0.3 is 6.18 Å². The molecule has 1 aromatic rings. The average Bonchev–Trinajstić information content (AvgIpc) is 2.33. The number of benzene rings is 1. The van der Waals surface area contributed by atoms with Crippen molar-refractivity contribution in [2.45, 2.75) is 32.2 Å². The van der Waals surface area contributed by atoms with E-state index in [0.29, 0.717) is 0 Å². The van der Waals surface area contributed by atoms with E-state index in [2.05, 4.69) is 0 Å². The Morgan fingerprint density at radius 2 is 1.89 bits per heavy atom. The standard InChI is InChI=1S/C13H17F3O3/c1-9(2)18-7-11(17)8-19-12-5-3-4-10(6-12)13(14,15)16/h3-6,9,11,17H,7-8H2,1-2H3. The van der Waals surface area contributed by atoms with Crippen molar-refractivity contribution in [3.63, 3.8) is 0 Å². The van der Waals surface area contributed by atoms with Gasteiger partial charge in [0.1, 0.15) is 18.5 Å². The Morgan fingerprint density at radius 1 is 1.21 bits per heavy atom. The van der Waals surface area contributed by atoms with Crippen molar-refractivity contribution < 1.29 is 27.8 Å². The molecule has 0 aliphatic heterocycles. The van der Waals surface area contributed by atoms with Crippen molar-refractivity contribution in [3.05, 3.63) is 29.8 Å². The molecule has 0 amide bonds. The topological polar surface area (TPSA) is 38.7 Å². The highest BCUT2D eigenvalue weighted by molar-refractivity contribution is 5.30. The fraction of sp³-hybridized carbons (Fsp3) is 0.538. The third-order valence-electron chi connectivity index (χ3n) is 2.23. The summed E-state index contributed by atoms with van der Waals surface area (Å²) in [7, 11) is 0. The molecule has 1 atom stereocenters. The summed E-state index contributed by atoms with van der Waals surface area (Å²) in [5.74, 6) is 0.0680. The minimum Gasteiger partial charge on any atom is -0.491 e. The molecule has 0 spiro atoms. The molecule has 0 fully saturated rings. The molecule has 1 rings (SSSR count). The normalized spacial score (nSPS) is 13.6. The molecule has 0 aliphatic rings. The Morgan fingerprint density at radius 3 is 2.47 bits per heavy atom. The highest BCUT2D eigenvalue weighted by atomic mass is 19.4. The number of hydrogen-bond donors (Lipinski definition) is 1. The second-order valence-corrected chi connectivity index (χ2v) is 4.37. The van der Waals surface area contributed by atoms with E-state index >= 15 is 0 Å². The SMILES string of the molecule is CC(C)OCC(O)COc1cccc(C(F)(F)F)c1. The van der Waals surface area contributed by atoms with Gasteiger partial charge in [0.2, 0.25) is 0 Å². The average molecular weight is 278 g/mol. The van der Waals surface area contributed by atoms with Crippen LogP contribution in [0.15, 0.2) is 24.3 Å². The summed E-state index contributed by atoms with van der Waals surface area (Å²) in [6.45, 7) is 3.60. The second kappa shape index (κ2) is 6.77. The lowest BCUT2D eigenvalue weighted by atomic mass is 10.2. The molecular formula is C13H17F3O3. The highest BCUT2D eigenvalue weighted by Gasteiger charge is 2.30. The first-order chi connectivity index (χ1) is 8.79. The first-order valence-electron chi connectivity index (χ1n) is 5.88. The Balaban J connectivity index is 2.49. The molecule has 0 aliphatic carbocycles. The van der Waals surface area contributed by atoms with E-state index in [1.54, 1.807) is 0 Å². The number of alkyl halides is 3. The molecule has 0 bridgehead atoms. The van der Waals surface area contributed by atoms with E-state index in [0.717, 1.165) is 12.1 Å². The molecular weight excluding hydrogens is 261 g/mol. The largest absolute Gasteiger partial charge is 0.491 e.